The highest BCUT2D eigenvalue weighted by atomic mass is 19.1. The Kier molecular flexibility index (Phi) is 3.98. The van der Waals surface area contributed by atoms with Crippen LogP contribution in [-0.2, 0) is 0 Å². The van der Waals surface area contributed by atoms with Gasteiger partial charge in [0.25, 0.3) is 5.56 Å². The standard InChI is InChI=1S/C18H12FN5O2/c19-12-5-4-6-13(9-12)24-16(25)10-15(26-14-7-2-1-3-8-14)17(23-24)18-20-11-21-22-18/h1-11H,(H,20,21,22). The van der Waals surface area contributed by atoms with E-state index in [2.05, 4.69) is 20.3 Å². The van der Waals surface area contributed by atoms with E-state index in [9.17, 15) is 9.18 Å². The number of nitrogens with one attached hydrogen (secondary N) is 1. The molecule has 26 heavy (non-hydrogen) atoms. The Labute approximate surface area is 146 Å². The number of hydrogen-bond acceptors (Lipinski definition) is 5. The third-order valence-electron chi connectivity index (χ3n) is 3.55. The van der Waals surface area contributed by atoms with Crippen molar-refractivity contribution in [2.75, 3.05) is 0 Å². The second-order valence-electron chi connectivity index (χ2n) is 5.32. The Morgan fingerprint density at radius 2 is 1.88 bits per heavy atom. The molecule has 7 nitrogen and oxygen atoms in total. The Hall–Kier alpha value is -3.81. The number of para-hydroxylation sites is 1. The zero-order chi connectivity index (χ0) is 17.9. The fourth-order valence-electron chi connectivity index (χ4n) is 2.40. The van der Waals surface area contributed by atoms with Gasteiger partial charge in [-0.05, 0) is 30.3 Å². The largest absolute Gasteiger partial charge is 0.455 e. The van der Waals surface area contributed by atoms with Crippen LogP contribution in [0.2, 0.25) is 0 Å². The van der Waals surface area contributed by atoms with Crippen molar-refractivity contribution in [3.05, 3.63) is 83.2 Å². The van der Waals surface area contributed by atoms with Crippen LogP contribution in [0.3, 0.4) is 0 Å². The van der Waals surface area contributed by atoms with E-state index < -0.39 is 11.4 Å². The normalized spacial score (nSPS) is 10.7. The van der Waals surface area contributed by atoms with Crippen molar-refractivity contribution in [2.24, 2.45) is 0 Å². The fraction of sp³-hybridized carbons (Fsp3) is 0. The van der Waals surface area contributed by atoms with Crippen LogP contribution >= 0.6 is 0 Å². The van der Waals surface area contributed by atoms with Crippen LogP contribution in [0.1, 0.15) is 0 Å². The summed E-state index contributed by atoms with van der Waals surface area (Å²) < 4.78 is 20.4. The van der Waals surface area contributed by atoms with E-state index >= 15 is 0 Å². The molecule has 0 aliphatic carbocycles. The van der Waals surface area contributed by atoms with Gasteiger partial charge in [-0.3, -0.25) is 9.89 Å². The van der Waals surface area contributed by atoms with Gasteiger partial charge in [-0.1, -0.05) is 24.3 Å². The SMILES string of the molecule is O=c1cc(Oc2ccccc2)c(-c2nc[nH]n2)nn1-c1cccc(F)c1. The summed E-state index contributed by atoms with van der Waals surface area (Å²) >= 11 is 0. The summed E-state index contributed by atoms with van der Waals surface area (Å²) in [4.78, 5) is 16.6. The average molecular weight is 349 g/mol. The van der Waals surface area contributed by atoms with Crippen LogP contribution in [0, 0.1) is 5.82 Å². The van der Waals surface area contributed by atoms with Crippen molar-refractivity contribution >= 4 is 0 Å². The maximum Gasteiger partial charge on any atom is 0.275 e. The van der Waals surface area contributed by atoms with Crippen molar-refractivity contribution in [3.8, 4) is 28.7 Å². The molecule has 0 amide bonds. The summed E-state index contributed by atoms with van der Waals surface area (Å²) in [5.41, 5.74) is 0.0674. The highest BCUT2D eigenvalue weighted by Gasteiger charge is 2.17. The quantitative estimate of drug-likeness (QED) is 0.612. The summed E-state index contributed by atoms with van der Waals surface area (Å²) in [6.45, 7) is 0. The number of hydrogen-bond donors (Lipinski definition) is 1. The molecule has 0 radical (unpaired) electrons. The maximum atomic E-state index is 13.5. The first-order valence-electron chi connectivity index (χ1n) is 7.70. The molecule has 0 saturated carbocycles. The molecule has 0 saturated heterocycles. The predicted octanol–water partition coefficient (Wildman–Crippen LogP) is 2.95. The Balaban J connectivity index is 1.87. The molecule has 8 heteroatoms. The van der Waals surface area contributed by atoms with Crippen LogP contribution in [0.5, 0.6) is 11.5 Å². The molecule has 4 aromatic rings. The lowest BCUT2D eigenvalue weighted by Crippen LogP contribution is -2.21. The Bertz CT molecular complexity index is 1090. The molecule has 2 heterocycles. The minimum atomic E-state index is -0.472. The molecule has 0 aliphatic heterocycles. The zero-order valence-electron chi connectivity index (χ0n) is 13.3. The van der Waals surface area contributed by atoms with Gasteiger partial charge in [0.15, 0.2) is 11.4 Å². The lowest BCUT2D eigenvalue weighted by Gasteiger charge is -2.11. The Morgan fingerprint density at radius 1 is 1.04 bits per heavy atom. The number of rotatable bonds is 4. The van der Waals surface area contributed by atoms with Gasteiger partial charge in [0.05, 0.1) is 11.8 Å². The summed E-state index contributed by atoms with van der Waals surface area (Å²) in [6, 6.07) is 15.8. The second-order valence-corrected chi connectivity index (χ2v) is 5.32. The minimum absolute atomic E-state index is 0.202. The summed E-state index contributed by atoms with van der Waals surface area (Å²) in [5, 5.41) is 10.9. The van der Waals surface area contributed by atoms with Gasteiger partial charge >= 0.3 is 0 Å². The summed E-state index contributed by atoms with van der Waals surface area (Å²) in [6.07, 6.45) is 1.39. The van der Waals surface area contributed by atoms with Gasteiger partial charge in [0, 0.05) is 0 Å². The lowest BCUT2D eigenvalue weighted by atomic mass is 10.3. The van der Waals surface area contributed by atoms with Gasteiger partial charge in [0.2, 0.25) is 5.82 Å². The minimum Gasteiger partial charge on any atom is -0.455 e. The molecule has 0 bridgehead atoms. The predicted molar refractivity (Wildman–Crippen MR) is 91.7 cm³/mol. The highest BCUT2D eigenvalue weighted by molar-refractivity contribution is 5.59. The van der Waals surface area contributed by atoms with Gasteiger partial charge in [0.1, 0.15) is 17.9 Å². The molecule has 2 aromatic carbocycles. The van der Waals surface area contributed by atoms with Crippen molar-refractivity contribution in [1.82, 2.24) is 25.0 Å². The molecular weight excluding hydrogens is 337 g/mol. The molecule has 2 aromatic heterocycles. The molecule has 128 valence electrons. The van der Waals surface area contributed by atoms with E-state index in [0.717, 1.165) is 4.68 Å². The van der Waals surface area contributed by atoms with Crippen molar-refractivity contribution in [1.29, 1.82) is 0 Å². The van der Waals surface area contributed by atoms with Crippen molar-refractivity contribution in [2.45, 2.75) is 0 Å². The Morgan fingerprint density at radius 3 is 2.62 bits per heavy atom. The number of halogens is 1. The van der Waals surface area contributed by atoms with Gasteiger partial charge in [-0.15, -0.1) is 0 Å². The van der Waals surface area contributed by atoms with Crippen molar-refractivity contribution < 1.29 is 9.13 Å². The molecule has 4 rings (SSSR count). The topological polar surface area (TPSA) is 85.7 Å². The highest BCUT2D eigenvalue weighted by Crippen LogP contribution is 2.28. The van der Waals surface area contributed by atoms with Gasteiger partial charge < -0.3 is 4.74 Å². The number of aromatic nitrogens is 5. The first-order valence-corrected chi connectivity index (χ1v) is 7.70. The van der Waals surface area contributed by atoms with Crippen LogP contribution in [0.4, 0.5) is 4.39 Å². The fourth-order valence-corrected chi connectivity index (χ4v) is 2.40. The van der Waals surface area contributed by atoms with E-state index in [1.54, 1.807) is 18.2 Å². The second kappa shape index (κ2) is 6.60. The molecule has 0 unspecified atom stereocenters. The van der Waals surface area contributed by atoms with Gasteiger partial charge in [-0.2, -0.15) is 14.9 Å². The number of aromatic amines is 1. The van der Waals surface area contributed by atoms with E-state index in [1.807, 2.05) is 18.2 Å². The smallest absolute Gasteiger partial charge is 0.275 e. The third kappa shape index (κ3) is 3.07. The molecule has 0 fully saturated rings. The number of H-pyrrole nitrogens is 1. The number of nitrogens with zero attached hydrogens (tertiary/aromatic N) is 4. The van der Waals surface area contributed by atoms with E-state index in [-0.39, 0.29) is 23.0 Å². The zero-order valence-corrected chi connectivity index (χ0v) is 13.3. The monoisotopic (exact) mass is 349 g/mol. The van der Waals surface area contributed by atoms with E-state index in [1.165, 1.54) is 30.6 Å². The number of benzene rings is 2. The van der Waals surface area contributed by atoms with Crippen LogP contribution in [0.25, 0.3) is 17.2 Å². The average Bonchev–Trinajstić information content (AvgIpc) is 3.17. The third-order valence-corrected chi connectivity index (χ3v) is 3.55. The van der Waals surface area contributed by atoms with Gasteiger partial charge in [-0.25, -0.2) is 9.37 Å². The molecule has 1 N–H and O–H groups in total. The van der Waals surface area contributed by atoms with E-state index in [4.69, 9.17) is 4.74 Å². The molecule has 0 atom stereocenters. The first-order chi connectivity index (χ1) is 12.7. The lowest BCUT2D eigenvalue weighted by molar-refractivity contribution is 0.477. The maximum absolute atomic E-state index is 13.5. The van der Waals surface area contributed by atoms with Crippen LogP contribution in [0.15, 0.2) is 71.8 Å². The van der Waals surface area contributed by atoms with Crippen LogP contribution < -0.4 is 10.3 Å². The van der Waals surface area contributed by atoms with Crippen molar-refractivity contribution in [3.63, 3.8) is 0 Å². The first kappa shape index (κ1) is 15.7. The van der Waals surface area contributed by atoms with Crippen LogP contribution in [-0.4, -0.2) is 25.0 Å². The number of ether oxygens (including phenoxy) is 1. The molecule has 0 spiro atoms. The molecule has 0 aliphatic rings. The van der Waals surface area contributed by atoms with E-state index in [0.29, 0.717) is 5.75 Å². The summed E-state index contributed by atoms with van der Waals surface area (Å²) in [7, 11) is 0. The summed E-state index contributed by atoms with van der Waals surface area (Å²) in [5.74, 6) is 0.517. The molecular formula is C18H12FN5O2.